The molecule has 0 radical (unpaired) electrons. The quantitative estimate of drug-likeness (QED) is 0.865. The molecule has 1 aliphatic heterocycles. The van der Waals surface area contributed by atoms with Crippen molar-refractivity contribution in [2.45, 2.75) is 19.8 Å². The van der Waals surface area contributed by atoms with Crippen molar-refractivity contribution in [2.24, 2.45) is 5.41 Å². The van der Waals surface area contributed by atoms with E-state index >= 15 is 0 Å². The first-order valence-electron chi connectivity index (χ1n) is 6.68. The molecule has 1 aliphatic rings. The van der Waals surface area contributed by atoms with Gasteiger partial charge in [-0.15, -0.1) is 0 Å². The van der Waals surface area contributed by atoms with Crippen LogP contribution in [0, 0.1) is 5.41 Å². The molecule has 0 aromatic heterocycles. The molecular weight excluding hydrogens is 226 g/mol. The average Bonchev–Trinajstić information content (AvgIpc) is 2.74. The fourth-order valence-corrected chi connectivity index (χ4v) is 2.79. The summed E-state index contributed by atoms with van der Waals surface area (Å²) in [6, 6.07) is 8.26. The van der Waals surface area contributed by atoms with E-state index in [2.05, 4.69) is 24.1 Å². The van der Waals surface area contributed by atoms with Crippen LogP contribution in [-0.2, 0) is 6.42 Å². The maximum atomic E-state index is 9.68. The fraction of sp³-hybridized carbons (Fsp3) is 0.600. The second-order valence-corrected chi connectivity index (χ2v) is 5.40. The van der Waals surface area contributed by atoms with Gasteiger partial charge in [0.05, 0.1) is 13.2 Å². The Morgan fingerprint density at radius 3 is 2.56 bits per heavy atom. The van der Waals surface area contributed by atoms with Crippen molar-refractivity contribution >= 4 is 0 Å². The molecule has 0 spiro atoms. The van der Waals surface area contributed by atoms with Crippen LogP contribution in [0.1, 0.15) is 18.9 Å². The number of aliphatic hydroxyl groups is 1. The Bertz CT molecular complexity index is 377. The first-order valence-corrected chi connectivity index (χ1v) is 6.68. The molecule has 1 unspecified atom stereocenters. The van der Waals surface area contributed by atoms with Crippen LogP contribution in [0.2, 0.25) is 0 Å². The number of likely N-dealkylation sites (tertiary alicyclic amines) is 1. The highest BCUT2D eigenvalue weighted by Gasteiger charge is 2.36. The summed E-state index contributed by atoms with van der Waals surface area (Å²) in [7, 11) is 2.12. The topological polar surface area (TPSA) is 32.7 Å². The van der Waals surface area contributed by atoms with Crippen LogP contribution in [0.15, 0.2) is 24.3 Å². The van der Waals surface area contributed by atoms with Crippen LogP contribution in [0.3, 0.4) is 0 Å². The molecule has 0 amide bonds. The Morgan fingerprint density at radius 2 is 2.06 bits per heavy atom. The molecule has 100 valence electrons. The summed E-state index contributed by atoms with van der Waals surface area (Å²) in [6.45, 7) is 5.02. The third kappa shape index (κ3) is 3.03. The summed E-state index contributed by atoms with van der Waals surface area (Å²) >= 11 is 0. The maximum Gasteiger partial charge on any atom is 0.119 e. The molecule has 0 saturated carbocycles. The first-order chi connectivity index (χ1) is 8.67. The zero-order valence-electron chi connectivity index (χ0n) is 11.4. The highest BCUT2D eigenvalue weighted by Crippen LogP contribution is 2.33. The zero-order valence-corrected chi connectivity index (χ0v) is 11.4. The Hall–Kier alpha value is -1.06. The van der Waals surface area contributed by atoms with E-state index in [4.69, 9.17) is 4.74 Å². The van der Waals surface area contributed by atoms with Gasteiger partial charge < -0.3 is 14.7 Å². The summed E-state index contributed by atoms with van der Waals surface area (Å²) in [5, 5.41) is 9.68. The Kier molecular flexibility index (Phi) is 4.25. The number of nitrogens with zero attached hydrogens (tertiary/aromatic N) is 1. The van der Waals surface area contributed by atoms with Gasteiger partial charge in [-0.25, -0.2) is 0 Å². The molecule has 3 heteroatoms. The Labute approximate surface area is 109 Å². The maximum absolute atomic E-state index is 9.68. The van der Waals surface area contributed by atoms with E-state index in [-0.39, 0.29) is 12.0 Å². The van der Waals surface area contributed by atoms with Crippen LogP contribution < -0.4 is 4.74 Å². The molecular formula is C15H23NO2. The van der Waals surface area contributed by atoms with Gasteiger partial charge in [0, 0.05) is 12.0 Å². The normalized spacial score (nSPS) is 24.4. The van der Waals surface area contributed by atoms with Gasteiger partial charge in [-0.1, -0.05) is 12.1 Å². The van der Waals surface area contributed by atoms with E-state index in [0.717, 1.165) is 31.7 Å². The van der Waals surface area contributed by atoms with Crippen molar-refractivity contribution < 1.29 is 9.84 Å². The lowest BCUT2D eigenvalue weighted by molar-refractivity contribution is 0.132. The van der Waals surface area contributed by atoms with E-state index < -0.39 is 0 Å². The van der Waals surface area contributed by atoms with Gasteiger partial charge in [-0.2, -0.15) is 0 Å². The number of ether oxygens (including phenoxy) is 1. The summed E-state index contributed by atoms with van der Waals surface area (Å²) in [4.78, 5) is 2.30. The smallest absolute Gasteiger partial charge is 0.119 e. The van der Waals surface area contributed by atoms with Crippen LogP contribution >= 0.6 is 0 Å². The van der Waals surface area contributed by atoms with Crippen LogP contribution in [0.5, 0.6) is 5.75 Å². The minimum atomic E-state index is 0.0435. The highest BCUT2D eigenvalue weighted by atomic mass is 16.5. The van der Waals surface area contributed by atoms with Gasteiger partial charge in [-0.3, -0.25) is 0 Å². The summed E-state index contributed by atoms with van der Waals surface area (Å²) in [5.41, 5.74) is 1.32. The Morgan fingerprint density at radius 1 is 1.33 bits per heavy atom. The molecule has 1 aromatic carbocycles. The van der Waals surface area contributed by atoms with Crippen LogP contribution in [0.4, 0.5) is 0 Å². The number of rotatable bonds is 5. The molecule has 0 aliphatic carbocycles. The third-order valence-corrected chi connectivity index (χ3v) is 3.78. The standard InChI is InChI=1S/C15H23NO2/c1-3-18-14-6-4-13(5-7-14)10-15(12-17)8-9-16(2)11-15/h4-7,17H,3,8-12H2,1-2H3. The van der Waals surface area contributed by atoms with Crippen LogP contribution in [-0.4, -0.2) is 43.4 Å². The third-order valence-electron chi connectivity index (χ3n) is 3.78. The molecule has 1 heterocycles. The summed E-state index contributed by atoms with van der Waals surface area (Å²) in [5.74, 6) is 0.919. The lowest BCUT2D eigenvalue weighted by atomic mass is 9.81. The highest BCUT2D eigenvalue weighted by molar-refractivity contribution is 5.28. The molecule has 2 rings (SSSR count). The minimum absolute atomic E-state index is 0.0435. The summed E-state index contributed by atoms with van der Waals surface area (Å²) < 4.78 is 5.44. The van der Waals surface area contributed by atoms with E-state index in [1.165, 1.54) is 5.56 Å². The van der Waals surface area contributed by atoms with Gasteiger partial charge in [-0.05, 0) is 51.1 Å². The average molecular weight is 249 g/mol. The predicted molar refractivity (Wildman–Crippen MR) is 72.9 cm³/mol. The number of hydrogen-bond donors (Lipinski definition) is 1. The zero-order chi connectivity index (χ0) is 13.0. The molecule has 1 N–H and O–H groups in total. The molecule has 3 nitrogen and oxygen atoms in total. The second kappa shape index (κ2) is 5.72. The molecule has 0 bridgehead atoms. The van der Waals surface area contributed by atoms with Crippen molar-refractivity contribution in [3.05, 3.63) is 29.8 Å². The largest absolute Gasteiger partial charge is 0.494 e. The van der Waals surface area contributed by atoms with Crippen molar-refractivity contribution in [2.75, 3.05) is 33.4 Å². The molecule has 1 aromatic rings. The number of benzene rings is 1. The minimum Gasteiger partial charge on any atom is -0.494 e. The monoisotopic (exact) mass is 249 g/mol. The molecule has 1 fully saturated rings. The lowest BCUT2D eigenvalue weighted by Gasteiger charge is -2.26. The van der Waals surface area contributed by atoms with E-state index in [1.54, 1.807) is 0 Å². The Balaban J connectivity index is 2.03. The van der Waals surface area contributed by atoms with Crippen molar-refractivity contribution in [1.29, 1.82) is 0 Å². The number of hydrogen-bond acceptors (Lipinski definition) is 3. The van der Waals surface area contributed by atoms with Crippen molar-refractivity contribution in [1.82, 2.24) is 4.90 Å². The van der Waals surface area contributed by atoms with E-state index in [1.807, 2.05) is 19.1 Å². The SMILES string of the molecule is CCOc1ccc(CC2(CO)CCN(C)C2)cc1. The van der Waals surface area contributed by atoms with Crippen molar-refractivity contribution in [3.8, 4) is 5.75 Å². The first kappa shape index (κ1) is 13.4. The second-order valence-electron chi connectivity index (χ2n) is 5.40. The van der Waals surface area contributed by atoms with E-state index in [0.29, 0.717) is 6.61 Å². The molecule has 1 atom stereocenters. The van der Waals surface area contributed by atoms with Gasteiger partial charge in [0.25, 0.3) is 0 Å². The summed E-state index contributed by atoms with van der Waals surface area (Å²) in [6.07, 6.45) is 2.02. The van der Waals surface area contributed by atoms with Gasteiger partial charge in [0.2, 0.25) is 0 Å². The van der Waals surface area contributed by atoms with Crippen molar-refractivity contribution in [3.63, 3.8) is 0 Å². The van der Waals surface area contributed by atoms with Crippen LogP contribution in [0.25, 0.3) is 0 Å². The van der Waals surface area contributed by atoms with Gasteiger partial charge in [0.15, 0.2) is 0 Å². The van der Waals surface area contributed by atoms with Gasteiger partial charge in [0.1, 0.15) is 5.75 Å². The van der Waals surface area contributed by atoms with E-state index in [9.17, 15) is 5.11 Å². The predicted octanol–water partition coefficient (Wildman–Crippen LogP) is 1.94. The fourth-order valence-electron chi connectivity index (χ4n) is 2.79. The lowest BCUT2D eigenvalue weighted by Crippen LogP contribution is -2.31. The molecule has 18 heavy (non-hydrogen) atoms. The number of aliphatic hydroxyl groups excluding tert-OH is 1. The molecule has 1 saturated heterocycles. The van der Waals surface area contributed by atoms with Gasteiger partial charge >= 0.3 is 0 Å².